The number of amides is 4. The number of aromatic nitrogens is 4. The van der Waals surface area contributed by atoms with Gasteiger partial charge in [0.1, 0.15) is 23.3 Å². The van der Waals surface area contributed by atoms with E-state index in [1.54, 1.807) is 23.9 Å². The van der Waals surface area contributed by atoms with E-state index in [1.807, 2.05) is 86.3 Å². The van der Waals surface area contributed by atoms with Crippen LogP contribution in [-0.4, -0.2) is 46.1 Å². The second-order valence-corrected chi connectivity index (χ2v) is 15.4. The molecule has 8 rings (SSSR count). The standard InChI is InChI=1S/C24H26N4O.C23H24N4O/c1-15-9-10-19(18(4)11-15)12-21-25-13-20-14-28(24(29)27(5)23(20)26-21)22-16(2)7-6-8-17(22)3;1-15-8-10-18(11-9-15)12-20-24-13-19-14-27(23(28)26(4)22(19)25-20)21-16(2)6-5-7-17(21)3/h6-11,13H,12,14H2,1-5H3;5-11,13H,12,14H2,1-4H3. The molecule has 10 nitrogen and oxygen atoms in total. The van der Waals surface area contributed by atoms with E-state index in [-0.39, 0.29) is 12.1 Å². The maximum Gasteiger partial charge on any atom is 0.330 e. The molecule has 57 heavy (non-hydrogen) atoms. The molecule has 4 amide bonds. The maximum absolute atomic E-state index is 13.1. The van der Waals surface area contributed by atoms with Crippen molar-refractivity contribution in [3.8, 4) is 0 Å². The molecule has 0 saturated heterocycles. The van der Waals surface area contributed by atoms with E-state index in [0.29, 0.717) is 37.6 Å². The summed E-state index contributed by atoms with van der Waals surface area (Å²) < 4.78 is 0. The smallest absolute Gasteiger partial charge is 0.289 e. The summed E-state index contributed by atoms with van der Waals surface area (Å²) in [6.07, 6.45) is 5.03. The average molecular weight is 759 g/mol. The van der Waals surface area contributed by atoms with Crippen molar-refractivity contribution < 1.29 is 9.59 Å². The van der Waals surface area contributed by atoms with Gasteiger partial charge in [0, 0.05) is 50.5 Å². The van der Waals surface area contributed by atoms with Gasteiger partial charge in [0.25, 0.3) is 0 Å². The number of aryl methyl sites for hydroxylation is 7. The van der Waals surface area contributed by atoms with Gasteiger partial charge in [-0.25, -0.2) is 29.5 Å². The van der Waals surface area contributed by atoms with Crippen molar-refractivity contribution in [2.45, 2.75) is 74.4 Å². The molecule has 0 N–H and O–H groups in total. The first-order valence-corrected chi connectivity index (χ1v) is 19.3. The molecule has 0 radical (unpaired) electrons. The van der Waals surface area contributed by atoms with Crippen molar-refractivity contribution in [1.29, 1.82) is 0 Å². The van der Waals surface area contributed by atoms with E-state index in [1.165, 1.54) is 22.3 Å². The Morgan fingerprint density at radius 2 is 0.965 bits per heavy atom. The molecular weight excluding hydrogens is 709 g/mol. The van der Waals surface area contributed by atoms with Crippen LogP contribution in [0, 0.1) is 48.5 Å². The predicted octanol–water partition coefficient (Wildman–Crippen LogP) is 9.45. The molecule has 0 fully saturated rings. The van der Waals surface area contributed by atoms with Crippen molar-refractivity contribution in [1.82, 2.24) is 19.9 Å². The fourth-order valence-electron chi connectivity index (χ4n) is 7.77. The average Bonchev–Trinajstić information content (AvgIpc) is 3.18. The van der Waals surface area contributed by atoms with Crippen molar-refractivity contribution in [3.05, 3.63) is 164 Å². The minimum Gasteiger partial charge on any atom is -0.289 e. The highest BCUT2D eigenvalue weighted by Crippen LogP contribution is 2.35. The Balaban J connectivity index is 0.000000174. The molecule has 4 heterocycles. The molecule has 2 aliphatic heterocycles. The topological polar surface area (TPSA) is 98.7 Å². The van der Waals surface area contributed by atoms with Crippen LogP contribution in [0.15, 0.2) is 91.3 Å². The summed E-state index contributed by atoms with van der Waals surface area (Å²) in [4.78, 5) is 51.8. The Morgan fingerprint density at radius 3 is 1.42 bits per heavy atom. The molecule has 10 heteroatoms. The monoisotopic (exact) mass is 758 g/mol. The minimum absolute atomic E-state index is 0.0638. The highest BCUT2D eigenvalue weighted by atomic mass is 16.2. The highest BCUT2D eigenvalue weighted by molar-refractivity contribution is 6.06. The molecule has 0 saturated carbocycles. The fraction of sp³-hybridized carbons (Fsp3) is 0.277. The number of carbonyl (C=O) groups is 2. The molecule has 0 unspecified atom stereocenters. The second kappa shape index (κ2) is 16.0. The fourth-order valence-corrected chi connectivity index (χ4v) is 7.77. The summed E-state index contributed by atoms with van der Waals surface area (Å²) in [7, 11) is 3.57. The van der Waals surface area contributed by atoms with Crippen LogP contribution in [0.25, 0.3) is 0 Å². The molecule has 0 bridgehead atoms. The Labute approximate surface area is 335 Å². The first-order valence-electron chi connectivity index (χ1n) is 19.3. The molecule has 290 valence electrons. The number of urea groups is 2. The first kappa shape index (κ1) is 38.8. The SMILES string of the molecule is Cc1ccc(Cc2ncc3c(n2)N(C)C(=O)N(c2c(C)cccc2C)C3)c(C)c1.Cc1ccc(Cc2ncc3c(n2)N(C)C(=O)N(c2c(C)cccc2C)C3)cc1. The Kier molecular flexibility index (Phi) is 10.9. The van der Waals surface area contributed by atoms with Crippen LogP contribution in [0.5, 0.6) is 0 Å². The Bertz CT molecular complexity index is 2460. The van der Waals surface area contributed by atoms with Gasteiger partial charge in [0.2, 0.25) is 0 Å². The van der Waals surface area contributed by atoms with Crippen LogP contribution in [0.4, 0.5) is 32.6 Å². The molecule has 2 aliphatic rings. The van der Waals surface area contributed by atoms with Crippen LogP contribution in [0.1, 0.15) is 72.8 Å². The largest absolute Gasteiger partial charge is 0.330 e. The summed E-state index contributed by atoms with van der Waals surface area (Å²) in [5.74, 6) is 2.86. The first-order chi connectivity index (χ1) is 27.3. The zero-order valence-corrected chi connectivity index (χ0v) is 34.4. The lowest BCUT2D eigenvalue weighted by atomic mass is 10.0. The van der Waals surface area contributed by atoms with Gasteiger partial charge in [-0.15, -0.1) is 0 Å². The number of para-hydroxylation sites is 2. The lowest BCUT2D eigenvalue weighted by molar-refractivity contribution is 0.250. The van der Waals surface area contributed by atoms with Gasteiger partial charge in [-0.05, 0) is 87.4 Å². The maximum atomic E-state index is 13.1. The number of fused-ring (bicyclic) bond motifs is 2. The Morgan fingerprint density at radius 1 is 0.526 bits per heavy atom. The van der Waals surface area contributed by atoms with Gasteiger partial charge in [-0.3, -0.25) is 19.6 Å². The van der Waals surface area contributed by atoms with Gasteiger partial charge in [0.15, 0.2) is 0 Å². The van der Waals surface area contributed by atoms with E-state index in [0.717, 1.165) is 62.0 Å². The van der Waals surface area contributed by atoms with Crippen LogP contribution < -0.4 is 19.6 Å². The third-order valence-corrected chi connectivity index (χ3v) is 10.9. The summed E-state index contributed by atoms with van der Waals surface area (Å²) in [6, 6.07) is 26.8. The number of anilines is 4. The van der Waals surface area contributed by atoms with E-state index in [2.05, 4.69) is 73.2 Å². The molecular formula is C47H50N8O2. The number of hydrogen-bond donors (Lipinski definition) is 0. The summed E-state index contributed by atoms with van der Waals surface area (Å²) in [6.45, 7) is 15.4. The summed E-state index contributed by atoms with van der Waals surface area (Å²) >= 11 is 0. The van der Waals surface area contributed by atoms with E-state index < -0.39 is 0 Å². The third-order valence-electron chi connectivity index (χ3n) is 10.9. The second-order valence-electron chi connectivity index (χ2n) is 15.4. The number of benzene rings is 4. The van der Waals surface area contributed by atoms with Crippen molar-refractivity contribution in [2.75, 3.05) is 33.7 Å². The van der Waals surface area contributed by atoms with Crippen LogP contribution in [0.2, 0.25) is 0 Å². The zero-order valence-electron chi connectivity index (χ0n) is 34.4. The normalized spacial score (nSPS) is 13.6. The highest BCUT2D eigenvalue weighted by Gasteiger charge is 2.33. The minimum atomic E-state index is -0.0649. The number of hydrogen-bond acceptors (Lipinski definition) is 6. The van der Waals surface area contributed by atoms with Crippen molar-refractivity contribution in [2.24, 2.45) is 0 Å². The Hall–Kier alpha value is -6.42. The lowest BCUT2D eigenvalue weighted by Crippen LogP contribution is -2.46. The van der Waals surface area contributed by atoms with Gasteiger partial charge in [0.05, 0.1) is 24.5 Å². The van der Waals surface area contributed by atoms with Gasteiger partial charge in [-0.2, -0.15) is 0 Å². The van der Waals surface area contributed by atoms with E-state index in [9.17, 15) is 9.59 Å². The molecule has 2 aromatic heterocycles. The molecule has 0 atom stereocenters. The van der Waals surface area contributed by atoms with Gasteiger partial charge < -0.3 is 0 Å². The number of nitrogens with zero attached hydrogens (tertiary/aromatic N) is 8. The van der Waals surface area contributed by atoms with E-state index >= 15 is 0 Å². The molecule has 0 aliphatic carbocycles. The predicted molar refractivity (Wildman–Crippen MR) is 229 cm³/mol. The quantitative estimate of drug-likeness (QED) is 0.168. The lowest BCUT2D eigenvalue weighted by Gasteiger charge is -2.35. The van der Waals surface area contributed by atoms with E-state index in [4.69, 9.17) is 9.97 Å². The summed E-state index contributed by atoms with van der Waals surface area (Å²) in [5, 5.41) is 0. The number of carbonyl (C=O) groups excluding carboxylic acids is 2. The third kappa shape index (κ3) is 7.98. The molecule has 6 aromatic rings. The molecule has 0 spiro atoms. The van der Waals surface area contributed by atoms with Crippen molar-refractivity contribution >= 4 is 35.1 Å². The van der Waals surface area contributed by atoms with Gasteiger partial charge in [-0.1, -0.05) is 90.0 Å². The van der Waals surface area contributed by atoms with Crippen LogP contribution in [0.3, 0.4) is 0 Å². The summed E-state index contributed by atoms with van der Waals surface area (Å²) in [5.41, 5.74) is 14.3. The van der Waals surface area contributed by atoms with Crippen molar-refractivity contribution in [3.63, 3.8) is 0 Å². The zero-order chi connectivity index (χ0) is 40.5. The molecule has 4 aromatic carbocycles. The van der Waals surface area contributed by atoms with Gasteiger partial charge >= 0.3 is 12.1 Å². The number of rotatable bonds is 6. The van der Waals surface area contributed by atoms with Crippen LogP contribution >= 0.6 is 0 Å². The van der Waals surface area contributed by atoms with Crippen LogP contribution in [-0.2, 0) is 25.9 Å².